The van der Waals surface area contributed by atoms with E-state index in [9.17, 15) is 9.59 Å². The van der Waals surface area contributed by atoms with Gasteiger partial charge in [-0.1, -0.05) is 41.4 Å². The molecule has 28 heavy (non-hydrogen) atoms. The van der Waals surface area contributed by atoms with Crippen molar-refractivity contribution in [3.63, 3.8) is 0 Å². The molecule has 0 spiro atoms. The van der Waals surface area contributed by atoms with Gasteiger partial charge in [0.15, 0.2) is 0 Å². The standard InChI is InChI=1S/C21H20ClN3O2S/c1-13-4-10-17(11-5-13)24-18(26)12-25(3)21(27)19-14(2)23-20(28-19)15-6-8-16(22)9-7-15/h4-11H,12H2,1-3H3,(H,24,26). The van der Waals surface area contributed by atoms with Gasteiger partial charge in [0.1, 0.15) is 9.88 Å². The van der Waals surface area contributed by atoms with E-state index in [0.29, 0.717) is 21.3 Å². The number of carbonyl (C=O) groups is 2. The summed E-state index contributed by atoms with van der Waals surface area (Å²) in [4.78, 5) is 31.5. The molecule has 0 bridgehead atoms. The van der Waals surface area contributed by atoms with E-state index in [1.807, 2.05) is 43.3 Å². The van der Waals surface area contributed by atoms with Gasteiger partial charge >= 0.3 is 0 Å². The van der Waals surface area contributed by atoms with Crippen LogP contribution in [0.2, 0.25) is 5.02 Å². The molecule has 144 valence electrons. The number of thiazole rings is 1. The summed E-state index contributed by atoms with van der Waals surface area (Å²) in [5, 5.41) is 4.19. The molecule has 0 atom stereocenters. The fourth-order valence-electron chi connectivity index (χ4n) is 2.61. The Kier molecular flexibility index (Phi) is 6.11. The van der Waals surface area contributed by atoms with Crippen LogP contribution in [-0.4, -0.2) is 35.3 Å². The zero-order valence-corrected chi connectivity index (χ0v) is 17.4. The normalized spacial score (nSPS) is 10.6. The molecule has 0 unspecified atom stereocenters. The van der Waals surface area contributed by atoms with Gasteiger partial charge in [0.2, 0.25) is 5.91 Å². The van der Waals surface area contributed by atoms with Crippen LogP contribution in [0.3, 0.4) is 0 Å². The first-order valence-electron chi connectivity index (χ1n) is 8.69. The number of aromatic nitrogens is 1. The second kappa shape index (κ2) is 8.54. The van der Waals surface area contributed by atoms with Gasteiger partial charge in [0.05, 0.1) is 12.2 Å². The summed E-state index contributed by atoms with van der Waals surface area (Å²) in [7, 11) is 1.61. The molecule has 3 rings (SSSR count). The third-order valence-electron chi connectivity index (χ3n) is 4.14. The molecule has 0 fully saturated rings. The molecular weight excluding hydrogens is 394 g/mol. The third kappa shape index (κ3) is 4.77. The second-order valence-electron chi connectivity index (χ2n) is 6.52. The maximum Gasteiger partial charge on any atom is 0.266 e. The van der Waals surface area contributed by atoms with E-state index in [2.05, 4.69) is 10.3 Å². The zero-order valence-electron chi connectivity index (χ0n) is 15.8. The third-order valence-corrected chi connectivity index (χ3v) is 5.59. The van der Waals surface area contributed by atoms with Crippen molar-refractivity contribution in [2.75, 3.05) is 18.9 Å². The largest absolute Gasteiger partial charge is 0.332 e. The first kappa shape index (κ1) is 20.0. The lowest BCUT2D eigenvalue weighted by Crippen LogP contribution is -2.34. The average Bonchev–Trinajstić information content (AvgIpc) is 3.05. The number of nitrogens with one attached hydrogen (secondary N) is 1. The molecular formula is C21H20ClN3O2S. The predicted octanol–water partition coefficient (Wildman–Crippen LogP) is 4.79. The Morgan fingerprint density at radius 1 is 1.07 bits per heavy atom. The van der Waals surface area contributed by atoms with Gasteiger partial charge in [-0.05, 0) is 38.1 Å². The summed E-state index contributed by atoms with van der Waals surface area (Å²) in [5.74, 6) is -0.478. The van der Waals surface area contributed by atoms with Crippen molar-refractivity contribution in [3.8, 4) is 10.6 Å². The van der Waals surface area contributed by atoms with Crippen LogP contribution in [0.25, 0.3) is 10.6 Å². The van der Waals surface area contributed by atoms with Crippen molar-refractivity contribution >= 4 is 40.4 Å². The van der Waals surface area contributed by atoms with Crippen molar-refractivity contribution in [2.24, 2.45) is 0 Å². The maximum absolute atomic E-state index is 12.8. The van der Waals surface area contributed by atoms with Gasteiger partial charge in [-0.2, -0.15) is 0 Å². The first-order valence-corrected chi connectivity index (χ1v) is 9.88. The van der Waals surface area contributed by atoms with E-state index in [0.717, 1.165) is 16.1 Å². The van der Waals surface area contributed by atoms with Crippen LogP contribution in [0.5, 0.6) is 0 Å². The van der Waals surface area contributed by atoms with E-state index >= 15 is 0 Å². The second-order valence-corrected chi connectivity index (χ2v) is 7.95. The molecule has 0 aliphatic carbocycles. The SMILES string of the molecule is Cc1ccc(NC(=O)CN(C)C(=O)c2sc(-c3ccc(Cl)cc3)nc2C)cc1. The van der Waals surface area contributed by atoms with Crippen molar-refractivity contribution in [3.05, 3.63) is 69.7 Å². The van der Waals surface area contributed by atoms with Crippen LogP contribution in [0.1, 0.15) is 20.9 Å². The number of anilines is 1. The molecule has 0 aliphatic heterocycles. The number of halogens is 1. The van der Waals surface area contributed by atoms with E-state index in [1.54, 1.807) is 26.1 Å². The summed E-state index contributed by atoms with van der Waals surface area (Å²) in [6.07, 6.45) is 0. The predicted molar refractivity (Wildman–Crippen MR) is 114 cm³/mol. The van der Waals surface area contributed by atoms with Gasteiger partial charge in [0, 0.05) is 23.3 Å². The van der Waals surface area contributed by atoms with Crippen LogP contribution in [-0.2, 0) is 4.79 Å². The molecule has 0 aliphatic rings. The fraction of sp³-hybridized carbons (Fsp3) is 0.190. The van der Waals surface area contributed by atoms with Crippen LogP contribution in [0.4, 0.5) is 5.69 Å². The number of amides is 2. The van der Waals surface area contributed by atoms with Crippen molar-refractivity contribution < 1.29 is 9.59 Å². The molecule has 1 heterocycles. The summed E-state index contributed by atoms with van der Waals surface area (Å²) in [6, 6.07) is 14.8. The van der Waals surface area contributed by atoms with Gasteiger partial charge in [-0.3, -0.25) is 9.59 Å². The fourth-order valence-corrected chi connectivity index (χ4v) is 3.80. The quantitative estimate of drug-likeness (QED) is 0.654. The monoisotopic (exact) mass is 413 g/mol. The number of nitrogens with zero attached hydrogens (tertiary/aromatic N) is 2. The molecule has 1 aromatic heterocycles. The van der Waals surface area contributed by atoms with Crippen molar-refractivity contribution in [2.45, 2.75) is 13.8 Å². The van der Waals surface area contributed by atoms with Crippen molar-refractivity contribution in [1.29, 1.82) is 0 Å². The Labute approximate surface area is 173 Å². The number of carbonyl (C=O) groups excluding carboxylic acids is 2. The lowest BCUT2D eigenvalue weighted by atomic mass is 10.2. The summed E-state index contributed by atoms with van der Waals surface area (Å²) >= 11 is 7.24. The molecule has 1 N–H and O–H groups in total. The number of aryl methyl sites for hydroxylation is 2. The summed E-state index contributed by atoms with van der Waals surface area (Å²) in [6.45, 7) is 3.73. The summed E-state index contributed by atoms with van der Waals surface area (Å²) < 4.78 is 0. The number of hydrogen-bond acceptors (Lipinski definition) is 4. The average molecular weight is 414 g/mol. The lowest BCUT2D eigenvalue weighted by molar-refractivity contribution is -0.116. The van der Waals surface area contributed by atoms with E-state index in [-0.39, 0.29) is 18.4 Å². The molecule has 0 radical (unpaired) electrons. The minimum atomic E-state index is -0.250. The molecule has 3 aromatic rings. The Bertz CT molecular complexity index is 997. The lowest BCUT2D eigenvalue weighted by Gasteiger charge is -2.16. The van der Waals surface area contributed by atoms with E-state index in [4.69, 9.17) is 11.6 Å². The van der Waals surface area contributed by atoms with E-state index < -0.39 is 0 Å². The Morgan fingerprint density at radius 2 is 1.71 bits per heavy atom. The number of hydrogen-bond donors (Lipinski definition) is 1. The van der Waals surface area contributed by atoms with Gasteiger partial charge in [0.25, 0.3) is 5.91 Å². The highest BCUT2D eigenvalue weighted by atomic mass is 35.5. The molecule has 7 heteroatoms. The first-order chi connectivity index (χ1) is 13.3. The molecule has 2 amide bonds. The summed E-state index contributed by atoms with van der Waals surface area (Å²) in [5.41, 5.74) is 3.36. The molecule has 0 saturated carbocycles. The molecule has 2 aromatic carbocycles. The minimum absolute atomic E-state index is 0.0413. The highest BCUT2D eigenvalue weighted by Gasteiger charge is 2.21. The maximum atomic E-state index is 12.8. The highest BCUT2D eigenvalue weighted by molar-refractivity contribution is 7.17. The smallest absolute Gasteiger partial charge is 0.266 e. The minimum Gasteiger partial charge on any atom is -0.332 e. The topological polar surface area (TPSA) is 62.3 Å². The highest BCUT2D eigenvalue weighted by Crippen LogP contribution is 2.29. The van der Waals surface area contributed by atoms with Crippen LogP contribution in [0, 0.1) is 13.8 Å². The van der Waals surface area contributed by atoms with Gasteiger partial charge in [-0.15, -0.1) is 11.3 Å². The molecule has 0 saturated heterocycles. The van der Waals surface area contributed by atoms with Crippen LogP contribution in [0.15, 0.2) is 48.5 Å². The van der Waals surface area contributed by atoms with Crippen molar-refractivity contribution in [1.82, 2.24) is 9.88 Å². The Hall–Kier alpha value is -2.70. The zero-order chi connectivity index (χ0) is 20.3. The Morgan fingerprint density at radius 3 is 2.36 bits per heavy atom. The number of likely N-dealkylation sites (N-methyl/N-ethyl adjacent to an activating group) is 1. The molecule has 5 nitrogen and oxygen atoms in total. The number of rotatable bonds is 5. The van der Waals surface area contributed by atoms with E-state index in [1.165, 1.54) is 16.2 Å². The van der Waals surface area contributed by atoms with Crippen LogP contribution >= 0.6 is 22.9 Å². The Balaban J connectivity index is 1.68. The van der Waals surface area contributed by atoms with Crippen LogP contribution < -0.4 is 5.32 Å². The number of benzene rings is 2. The van der Waals surface area contributed by atoms with Gasteiger partial charge in [-0.25, -0.2) is 4.98 Å². The van der Waals surface area contributed by atoms with Gasteiger partial charge < -0.3 is 10.2 Å².